The minimum absolute atomic E-state index is 0. The van der Waals surface area contributed by atoms with Gasteiger partial charge >= 0.3 is 0 Å². The Balaban J connectivity index is 0.00000264. The van der Waals surface area contributed by atoms with Gasteiger partial charge in [-0.1, -0.05) is 13.8 Å². The molecule has 0 spiro atoms. The van der Waals surface area contributed by atoms with Crippen LogP contribution < -0.4 is 5.32 Å². The van der Waals surface area contributed by atoms with Crippen molar-refractivity contribution in [2.24, 2.45) is 0 Å². The maximum atomic E-state index is 12.7. The molecule has 0 unspecified atom stereocenters. The van der Waals surface area contributed by atoms with E-state index in [-0.39, 0.29) is 24.8 Å². The van der Waals surface area contributed by atoms with Gasteiger partial charge in [-0.15, -0.1) is 24.8 Å². The number of nitrogens with zero attached hydrogens (tertiary/aromatic N) is 3. The van der Waals surface area contributed by atoms with Gasteiger partial charge < -0.3 is 20.0 Å². The Morgan fingerprint density at radius 3 is 2.17 bits per heavy atom. The summed E-state index contributed by atoms with van der Waals surface area (Å²) in [5.74, 6) is 0.367. The maximum Gasteiger partial charge on any atom is 0.224 e. The number of rotatable bonds is 7. The van der Waals surface area contributed by atoms with E-state index >= 15 is 0 Å². The highest BCUT2D eigenvalue weighted by molar-refractivity contribution is 5.85. The smallest absolute Gasteiger partial charge is 0.224 e. The Labute approximate surface area is 160 Å². The van der Waals surface area contributed by atoms with Crippen LogP contribution in [0.5, 0.6) is 0 Å². The fraction of sp³-hybridized carbons (Fsp3) is 0.941. The Bertz CT molecular complexity index is 333. The van der Waals surface area contributed by atoms with E-state index in [4.69, 9.17) is 0 Å². The second-order valence-electron chi connectivity index (χ2n) is 6.59. The molecule has 0 aromatic heterocycles. The van der Waals surface area contributed by atoms with Crippen molar-refractivity contribution >= 4 is 30.7 Å². The van der Waals surface area contributed by atoms with E-state index in [1.165, 1.54) is 0 Å². The number of halogens is 2. The molecule has 5 nitrogen and oxygen atoms in total. The molecule has 7 heteroatoms. The van der Waals surface area contributed by atoms with E-state index in [1.54, 1.807) is 0 Å². The monoisotopic (exact) mass is 382 g/mol. The SMILES string of the molecule is CCCN(C(=O)CCN1CCN(CC)CC1)C1CCNCC1.Cl.Cl. The van der Waals surface area contributed by atoms with Crippen LogP contribution in [0.15, 0.2) is 0 Å². The number of amides is 1. The van der Waals surface area contributed by atoms with E-state index < -0.39 is 0 Å². The summed E-state index contributed by atoms with van der Waals surface area (Å²) in [6.45, 7) is 14.0. The van der Waals surface area contributed by atoms with Crippen molar-refractivity contribution in [3.05, 3.63) is 0 Å². The minimum atomic E-state index is 0. The summed E-state index contributed by atoms with van der Waals surface area (Å²) in [4.78, 5) is 19.8. The van der Waals surface area contributed by atoms with Crippen LogP contribution >= 0.6 is 24.8 Å². The molecule has 144 valence electrons. The molecule has 2 saturated heterocycles. The minimum Gasteiger partial charge on any atom is -0.340 e. The molecule has 0 aromatic rings. The zero-order valence-corrected chi connectivity index (χ0v) is 17.0. The molecule has 0 aliphatic carbocycles. The summed E-state index contributed by atoms with van der Waals surface area (Å²) >= 11 is 0. The van der Waals surface area contributed by atoms with Gasteiger partial charge in [0.2, 0.25) is 5.91 Å². The first-order chi connectivity index (χ1) is 10.7. The summed E-state index contributed by atoms with van der Waals surface area (Å²) in [7, 11) is 0. The van der Waals surface area contributed by atoms with Crippen LogP contribution in [0.25, 0.3) is 0 Å². The van der Waals surface area contributed by atoms with Crippen LogP contribution in [-0.2, 0) is 4.79 Å². The summed E-state index contributed by atoms with van der Waals surface area (Å²) in [6.07, 6.45) is 3.97. The van der Waals surface area contributed by atoms with E-state index in [2.05, 4.69) is 33.9 Å². The first kappa shape index (κ1) is 23.9. The lowest BCUT2D eigenvalue weighted by Crippen LogP contribution is -2.49. The molecule has 2 heterocycles. The van der Waals surface area contributed by atoms with Crippen LogP contribution in [0.1, 0.15) is 39.5 Å². The van der Waals surface area contributed by atoms with Crippen molar-refractivity contribution in [2.45, 2.75) is 45.6 Å². The third kappa shape index (κ3) is 7.44. The second kappa shape index (κ2) is 13.2. The molecule has 2 aliphatic rings. The van der Waals surface area contributed by atoms with Crippen molar-refractivity contribution in [3.63, 3.8) is 0 Å². The second-order valence-corrected chi connectivity index (χ2v) is 6.59. The Morgan fingerprint density at radius 1 is 1.04 bits per heavy atom. The summed E-state index contributed by atoms with van der Waals surface area (Å²) in [5.41, 5.74) is 0. The number of piperazine rings is 1. The number of likely N-dealkylation sites (N-methyl/N-ethyl adjacent to an activating group) is 1. The Hall–Kier alpha value is -0.0700. The van der Waals surface area contributed by atoms with E-state index in [9.17, 15) is 4.79 Å². The predicted molar refractivity (Wildman–Crippen MR) is 106 cm³/mol. The fourth-order valence-corrected chi connectivity index (χ4v) is 3.60. The molecule has 24 heavy (non-hydrogen) atoms. The van der Waals surface area contributed by atoms with Gasteiger partial charge in [-0.2, -0.15) is 0 Å². The lowest BCUT2D eigenvalue weighted by molar-refractivity contribution is -0.134. The average molecular weight is 383 g/mol. The average Bonchev–Trinajstić information content (AvgIpc) is 2.58. The third-order valence-electron chi connectivity index (χ3n) is 5.09. The van der Waals surface area contributed by atoms with Gasteiger partial charge in [-0.3, -0.25) is 4.79 Å². The number of nitrogens with one attached hydrogen (secondary N) is 1. The molecule has 2 fully saturated rings. The predicted octanol–water partition coefficient (Wildman–Crippen LogP) is 1.85. The molecular formula is C17H36Cl2N4O. The lowest BCUT2D eigenvalue weighted by atomic mass is 10.0. The Kier molecular flexibility index (Phi) is 13.1. The van der Waals surface area contributed by atoms with Crippen LogP contribution in [-0.4, -0.2) is 85.6 Å². The highest BCUT2D eigenvalue weighted by atomic mass is 35.5. The van der Waals surface area contributed by atoms with E-state index in [0.717, 1.165) is 78.2 Å². The molecule has 0 bridgehead atoms. The normalized spacial score (nSPS) is 20.1. The van der Waals surface area contributed by atoms with Gasteiger partial charge in [-0.05, 0) is 38.9 Å². The van der Waals surface area contributed by atoms with Gasteiger partial charge in [0.25, 0.3) is 0 Å². The maximum absolute atomic E-state index is 12.7. The largest absolute Gasteiger partial charge is 0.340 e. The highest BCUT2D eigenvalue weighted by Crippen LogP contribution is 2.14. The molecule has 2 rings (SSSR count). The highest BCUT2D eigenvalue weighted by Gasteiger charge is 2.25. The van der Waals surface area contributed by atoms with Crippen molar-refractivity contribution in [2.75, 3.05) is 58.9 Å². The van der Waals surface area contributed by atoms with Gasteiger partial charge in [0, 0.05) is 51.7 Å². The van der Waals surface area contributed by atoms with Gasteiger partial charge in [-0.25, -0.2) is 0 Å². The Morgan fingerprint density at radius 2 is 1.62 bits per heavy atom. The topological polar surface area (TPSA) is 38.8 Å². The van der Waals surface area contributed by atoms with Crippen LogP contribution in [0, 0.1) is 0 Å². The molecule has 0 saturated carbocycles. The first-order valence-corrected chi connectivity index (χ1v) is 9.19. The van der Waals surface area contributed by atoms with E-state index in [1.807, 2.05) is 0 Å². The molecule has 1 N–H and O–H groups in total. The molecule has 0 aromatic carbocycles. The summed E-state index contributed by atoms with van der Waals surface area (Å²) < 4.78 is 0. The quantitative estimate of drug-likeness (QED) is 0.728. The summed E-state index contributed by atoms with van der Waals surface area (Å²) in [6, 6.07) is 0.464. The van der Waals surface area contributed by atoms with E-state index in [0.29, 0.717) is 18.4 Å². The van der Waals surface area contributed by atoms with Crippen LogP contribution in [0.4, 0.5) is 0 Å². The van der Waals surface area contributed by atoms with Crippen molar-refractivity contribution < 1.29 is 4.79 Å². The van der Waals surface area contributed by atoms with Gasteiger partial charge in [0.05, 0.1) is 0 Å². The van der Waals surface area contributed by atoms with Crippen LogP contribution in [0.2, 0.25) is 0 Å². The van der Waals surface area contributed by atoms with Gasteiger partial charge in [0.15, 0.2) is 0 Å². The molecule has 2 aliphatic heterocycles. The number of hydrogen-bond acceptors (Lipinski definition) is 4. The third-order valence-corrected chi connectivity index (χ3v) is 5.09. The number of carbonyl (C=O) groups excluding carboxylic acids is 1. The molecule has 0 radical (unpaired) electrons. The van der Waals surface area contributed by atoms with Crippen LogP contribution in [0.3, 0.4) is 0 Å². The standard InChI is InChI=1S/C17H34N4O.2ClH/c1-3-10-21(16-5-8-18-9-6-16)17(22)7-11-20-14-12-19(4-2)13-15-20;;/h16,18H,3-15H2,1-2H3;2*1H. The van der Waals surface area contributed by atoms with Crippen molar-refractivity contribution in [3.8, 4) is 0 Å². The van der Waals surface area contributed by atoms with Crippen molar-refractivity contribution in [1.82, 2.24) is 20.0 Å². The zero-order valence-electron chi connectivity index (χ0n) is 15.3. The summed E-state index contributed by atoms with van der Waals surface area (Å²) in [5, 5.41) is 3.39. The molecular weight excluding hydrogens is 347 g/mol. The zero-order chi connectivity index (χ0) is 15.8. The number of carbonyl (C=O) groups is 1. The lowest BCUT2D eigenvalue weighted by Gasteiger charge is -2.36. The number of hydrogen-bond donors (Lipinski definition) is 1. The molecule has 0 atom stereocenters. The fourth-order valence-electron chi connectivity index (χ4n) is 3.60. The van der Waals surface area contributed by atoms with Crippen molar-refractivity contribution in [1.29, 1.82) is 0 Å². The number of piperidine rings is 1. The first-order valence-electron chi connectivity index (χ1n) is 9.19. The molecule has 1 amide bonds. The van der Waals surface area contributed by atoms with Gasteiger partial charge in [0.1, 0.15) is 0 Å².